The third kappa shape index (κ3) is 2.21. The van der Waals surface area contributed by atoms with Crippen LogP contribution in [0.25, 0.3) is 0 Å². The van der Waals surface area contributed by atoms with Gasteiger partial charge in [-0.2, -0.15) is 13.2 Å². The second-order valence-electron chi connectivity index (χ2n) is 1.95. The topological polar surface area (TPSA) is 28.7 Å². The first-order valence-electron chi connectivity index (χ1n) is 2.77. The average molecular weight is 212 g/mol. The summed E-state index contributed by atoms with van der Waals surface area (Å²) in [6.07, 6.45) is -4.51. The molecule has 0 aliphatic carbocycles. The van der Waals surface area contributed by atoms with Gasteiger partial charge in [0.25, 0.3) is 0 Å². The Morgan fingerprint density at radius 1 is 1.50 bits per heavy atom. The van der Waals surface area contributed by atoms with Crippen LogP contribution < -0.4 is 0 Å². The Balaban J connectivity index is 3.27. The molecule has 0 fully saturated rings. The summed E-state index contributed by atoms with van der Waals surface area (Å²) in [5.74, 6) is -1.13. The second kappa shape index (κ2) is 3.06. The van der Waals surface area contributed by atoms with Crippen LogP contribution in [0.15, 0.2) is 11.1 Å². The molecule has 0 saturated heterocycles. The van der Waals surface area contributed by atoms with Crippen LogP contribution in [0, 0.1) is 4.64 Å². The lowest BCUT2D eigenvalue weighted by Crippen LogP contribution is -2.11. The highest BCUT2D eigenvalue weighted by Crippen LogP contribution is 2.26. The SMILES string of the molecule is FC(F)(F)c1nc(S)cc(=S)[nH]1. The van der Waals surface area contributed by atoms with Crippen LogP contribution in [0.2, 0.25) is 0 Å². The number of alkyl halides is 3. The van der Waals surface area contributed by atoms with Crippen LogP contribution in [-0.4, -0.2) is 9.97 Å². The molecule has 1 heterocycles. The molecule has 0 amide bonds. The van der Waals surface area contributed by atoms with E-state index in [-0.39, 0.29) is 9.67 Å². The minimum Gasteiger partial charge on any atom is -0.327 e. The number of halogens is 3. The molecule has 1 rings (SSSR count). The Hall–Kier alpha value is -0.560. The normalized spacial score (nSPS) is 11.7. The molecule has 0 unspecified atom stereocenters. The predicted octanol–water partition coefficient (Wildman–Crippen LogP) is 2.45. The number of nitrogens with zero attached hydrogens (tertiary/aromatic N) is 1. The highest BCUT2D eigenvalue weighted by molar-refractivity contribution is 7.80. The molecule has 12 heavy (non-hydrogen) atoms. The van der Waals surface area contributed by atoms with Crippen LogP contribution in [0.1, 0.15) is 5.82 Å². The van der Waals surface area contributed by atoms with Gasteiger partial charge in [0.15, 0.2) is 0 Å². The molecule has 0 spiro atoms. The molecule has 66 valence electrons. The van der Waals surface area contributed by atoms with Gasteiger partial charge in [-0.25, -0.2) is 4.98 Å². The summed E-state index contributed by atoms with van der Waals surface area (Å²) in [6.45, 7) is 0. The number of thiol groups is 1. The van der Waals surface area contributed by atoms with Gasteiger partial charge in [-0.15, -0.1) is 12.6 Å². The van der Waals surface area contributed by atoms with E-state index in [4.69, 9.17) is 0 Å². The molecule has 7 heteroatoms. The molecule has 0 bridgehead atoms. The number of aromatic nitrogens is 2. The van der Waals surface area contributed by atoms with E-state index in [1.165, 1.54) is 6.07 Å². The average Bonchev–Trinajstić information content (AvgIpc) is 1.82. The number of hydrogen-bond donors (Lipinski definition) is 2. The summed E-state index contributed by atoms with van der Waals surface area (Å²) < 4.78 is 35.9. The maximum atomic E-state index is 12.0. The van der Waals surface area contributed by atoms with Crippen LogP contribution in [0.4, 0.5) is 13.2 Å². The van der Waals surface area contributed by atoms with Crippen molar-refractivity contribution in [3.8, 4) is 0 Å². The summed E-state index contributed by atoms with van der Waals surface area (Å²) in [4.78, 5) is 5.04. The molecule has 0 saturated carbocycles. The molecule has 2 nitrogen and oxygen atoms in total. The smallest absolute Gasteiger partial charge is 0.327 e. The van der Waals surface area contributed by atoms with Gasteiger partial charge < -0.3 is 4.98 Å². The van der Waals surface area contributed by atoms with Crippen LogP contribution in [0.3, 0.4) is 0 Å². The highest BCUT2D eigenvalue weighted by atomic mass is 32.1. The van der Waals surface area contributed by atoms with Gasteiger partial charge >= 0.3 is 6.18 Å². The molecule has 0 atom stereocenters. The fraction of sp³-hybridized carbons (Fsp3) is 0.200. The molecule has 0 aliphatic heterocycles. The first-order valence-corrected chi connectivity index (χ1v) is 3.62. The van der Waals surface area contributed by atoms with Crippen molar-refractivity contribution in [2.45, 2.75) is 11.2 Å². The lowest BCUT2D eigenvalue weighted by Gasteiger charge is -2.04. The van der Waals surface area contributed by atoms with Crippen LogP contribution in [-0.2, 0) is 6.18 Å². The second-order valence-corrected chi connectivity index (χ2v) is 2.85. The van der Waals surface area contributed by atoms with E-state index in [0.717, 1.165) is 0 Å². The summed E-state index contributed by atoms with van der Waals surface area (Å²) in [5, 5.41) is -0.0499. The summed E-state index contributed by atoms with van der Waals surface area (Å²) in [7, 11) is 0. The minimum atomic E-state index is -4.51. The highest BCUT2D eigenvalue weighted by Gasteiger charge is 2.33. The Bertz CT molecular complexity index is 343. The third-order valence-corrected chi connectivity index (χ3v) is 1.45. The van der Waals surface area contributed by atoms with E-state index in [1.54, 1.807) is 0 Å². The number of hydrogen-bond acceptors (Lipinski definition) is 3. The van der Waals surface area contributed by atoms with Crippen molar-refractivity contribution in [3.63, 3.8) is 0 Å². The van der Waals surface area contributed by atoms with Crippen molar-refractivity contribution < 1.29 is 13.2 Å². The minimum absolute atomic E-state index is 0.0395. The number of aromatic amines is 1. The van der Waals surface area contributed by atoms with E-state index in [0.29, 0.717) is 0 Å². The maximum absolute atomic E-state index is 12.0. The Labute approximate surface area is 76.2 Å². The molecule has 0 radical (unpaired) electrons. The molecule has 1 N–H and O–H groups in total. The van der Waals surface area contributed by atoms with E-state index in [1.807, 2.05) is 4.98 Å². The first kappa shape index (κ1) is 9.53. The van der Waals surface area contributed by atoms with Crippen molar-refractivity contribution in [2.24, 2.45) is 0 Å². The van der Waals surface area contributed by atoms with Crippen molar-refractivity contribution in [3.05, 3.63) is 16.5 Å². The maximum Gasteiger partial charge on any atom is 0.449 e. The monoisotopic (exact) mass is 212 g/mol. The number of nitrogens with one attached hydrogen (secondary N) is 1. The van der Waals surface area contributed by atoms with Crippen molar-refractivity contribution in [2.75, 3.05) is 0 Å². The number of H-pyrrole nitrogens is 1. The quantitative estimate of drug-likeness (QED) is 0.393. The third-order valence-electron chi connectivity index (χ3n) is 0.997. The first-order chi connectivity index (χ1) is 5.39. The van der Waals surface area contributed by atoms with E-state index < -0.39 is 12.0 Å². The van der Waals surface area contributed by atoms with Gasteiger partial charge in [-0.3, -0.25) is 0 Å². The van der Waals surface area contributed by atoms with E-state index >= 15 is 0 Å². The Morgan fingerprint density at radius 3 is 2.50 bits per heavy atom. The number of rotatable bonds is 0. The van der Waals surface area contributed by atoms with Gasteiger partial charge in [-0.05, 0) is 0 Å². The summed E-state index contributed by atoms with van der Waals surface area (Å²) in [5.41, 5.74) is 0. The summed E-state index contributed by atoms with van der Waals surface area (Å²) in [6, 6.07) is 1.23. The predicted molar refractivity (Wildman–Crippen MR) is 41.7 cm³/mol. The zero-order chi connectivity index (χ0) is 9.35. The van der Waals surface area contributed by atoms with Gasteiger partial charge in [0, 0.05) is 6.07 Å². The van der Waals surface area contributed by atoms with E-state index in [9.17, 15) is 13.2 Å². The fourth-order valence-corrected chi connectivity index (χ4v) is 1.10. The van der Waals surface area contributed by atoms with E-state index in [2.05, 4.69) is 29.8 Å². The summed E-state index contributed by atoms with van der Waals surface area (Å²) >= 11 is 8.17. The molecular weight excluding hydrogens is 209 g/mol. The van der Waals surface area contributed by atoms with Gasteiger partial charge in [0.05, 0.1) is 5.03 Å². The molecular formula is C5H3F3N2S2. The lowest BCUT2D eigenvalue weighted by atomic mass is 10.5. The molecule has 0 aliphatic rings. The Kier molecular flexibility index (Phi) is 2.43. The van der Waals surface area contributed by atoms with Crippen molar-refractivity contribution in [1.29, 1.82) is 0 Å². The van der Waals surface area contributed by atoms with Crippen molar-refractivity contribution >= 4 is 24.8 Å². The van der Waals surface area contributed by atoms with Crippen LogP contribution in [0.5, 0.6) is 0 Å². The Morgan fingerprint density at radius 2 is 2.08 bits per heavy atom. The molecule has 1 aromatic rings. The largest absolute Gasteiger partial charge is 0.449 e. The van der Waals surface area contributed by atoms with Gasteiger partial charge in [-0.1, -0.05) is 12.2 Å². The lowest BCUT2D eigenvalue weighted by molar-refractivity contribution is -0.145. The zero-order valence-electron chi connectivity index (χ0n) is 5.51. The standard InChI is InChI=1S/C5H3F3N2S2/c6-5(7,8)4-9-2(11)1-3(12)10-4/h1H,(H2,9,10,11,12). The van der Waals surface area contributed by atoms with Crippen molar-refractivity contribution in [1.82, 2.24) is 9.97 Å². The fourth-order valence-electron chi connectivity index (χ4n) is 0.579. The zero-order valence-corrected chi connectivity index (χ0v) is 7.22. The van der Waals surface area contributed by atoms with Gasteiger partial charge in [0.1, 0.15) is 4.64 Å². The van der Waals surface area contributed by atoms with Gasteiger partial charge in [0.2, 0.25) is 5.82 Å². The molecule has 0 aromatic carbocycles. The van der Waals surface area contributed by atoms with Crippen LogP contribution >= 0.6 is 24.8 Å². The molecule has 1 aromatic heterocycles.